The Morgan fingerprint density at radius 1 is 1.13 bits per heavy atom. The molecule has 196 valence electrons. The van der Waals surface area contributed by atoms with Gasteiger partial charge in [-0.25, -0.2) is 28.1 Å². The van der Waals surface area contributed by atoms with Crippen LogP contribution in [-0.4, -0.2) is 63.6 Å². The molecule has 1 aromatic carbocycles. The van der Waals surface area contributed by atoms with E-state index < -0.39 is 11.7 Å². The van der Waals surface area contributed by atoms with Crippen molar-refractivity contribution < 1.29 is 13.2 Å². The molecule has 9 nitrogen and oxygen atoms in total. The van der Waals surface area contributed by atoms with Crippen LogP contribution in [0.25, 0.3) is 50.4 Å². The van der Waals surface area contributed by atoms with Gasteiger partial charge < -0.3 is 9.55 Å². The van der Waals surface area contributed by atoms with Crippen LogP contribution in [0.5, 0.6) is 0 Å². The molecule has 0 atom stereocenters. The molecule has 6 aromatic rings. The highest BCUT2D eigenvalue weighted by Crippen LogP contribution is 2.34. The van der Waals surface area contributed by atoms with Crippen LogP contribution in [0.2, 0.25) is 0 Å². The molecule has 0 aliphatic carbocycles. The summed E-state index contributed by atoms with van der Waals surface area (Å²) >= 11 is 0. The SMILES string of the molecule is Cc1cn(-c2ccnc3nc(-c4n[nH]c5cc(F)c(-c6cncc(CN7CCC(F)(F)C7)c6)cc45)[nH]c23)cn1. The Morgan fingerprint density at radius 3 is 2.82 bits per heavy atom. The molecule has 7 rings (SSSR count). The molecule has 1 saturated heterocycles. The molecule has 6 heterocycles. The van der Waals surface area contributed by atoms with Crippen molar-refractivity contribution >= 4 is 22.1 Å². The van der Waals surface area contributed by atoms with Gasteiger partial charge in [0.25, 0.3) is 5.92 Å². The fourth-order valence-electron chi connectivity index (χ4n) is 5.14. The molecule has 1 aliphatic rings. The Balaban J connectivity index is 1.27. The summed E-state index contributed by atoms with van der Waals surface area (Å²) in [6, 6.07) is 6.74. The molecule has 5 aromatic heterocycles. The Kier molecular flexibility index (Phi) is 5.27. The summed E-state index contributed by atoms with van der Waals surface area (Å²) in [5.74, 6) is -2.65. The highest BCUT2D eigenvalue weighted by molar-refractivity contribution is 5.96. The lowest BCUT2D eigenvalue weighted by atomic mass is 10.0. The molecule has 12 heteroatoms. The number of likely N-dealkylation sites (tertiary alicyclic amines) is 1. The van der Waals surface area contributed by atoms with Crippen LogP contribution in [0.1, 0.15) is 17.7 Å². The van der Waals surface area contributed by atoms with Crippen LogP contribution in [0.4, 0.5) is 13.2 Å². The van der Waals surface area contributed by atoms with Gasteiger partial charge in [-0.15, -0.1) is 0 Å². The van der Waals surface area contributed by atoms with E-state index in [2.05, 4.69) is 35.1 Å². The molecule has 0 saturated carbocycles. The summed E-state index contributed by atoms with van der Waals surface area (Å²) in [5, 5.41) is 7.97. The van der Waals surface area contributed by atoms with Gasteiger partial charge in [0.05, 0.1) is 29.8 Å². The maximum atomic E-state index is 15.2. The molecule has 1 fully saturated rings. The normalized spacial score (nSPS) is 15.6. The average Bonchev–Trinajstić information content (AvgIpc) is 3.69. The molecule has 0 radical (unpaired) electrons. The van der Waals surface area contributed by atoms with Gasteiger partial charge in [0.2, 0.25) is 0 Å². The molecule has 0 bridgehead atoms. The number of aromatic amines is 2. The van der Waals surface area contributed by atoms with E-state index in [-0.39, 0.29) is 13.0 Å². The van der Waals surface area contributed by atoms with E-state index in [0.29, 0.717) is 57.8 Å². The molecular formula is C27H22F3N9. The standard InChI is InChI=1S/C27H22F3N9/c1-15-11-39(14-33-15)22-2-4-32-25-24(22)34-26(35-25)23-19-7-18(20(28)8-21(19)36-37-23)17-6-16(9-31-10-17)12-38-5-3-27(29,30)13-38/h2,4,6-11,14H,3,5,12-13H2,1H3,(H,36,37)(H,32,34,35). The van der Waals surface area contributed by atoms with Crippen LogP contribution in [0.15, 0.2) is 55.4 Å². The van der Waals surface area contributed by atoms with Gasteiger partial charge in [-0.1, -0.05) is 0 Å². The van der Waals surface area contributed by atoms with Crippen molar-refractivity contribution in [2.75, 3.05) is 13.1 Å². The zero-order valence-electron chi connectivity index (χ0n) is 20.8. The molecule has 0 spiro atoms. The lowest BCUT2D eigenvalue weighted by Crippen LogP contribution is -2.24. The van der Waals surface area contributed by atoms with Crippen molar-refractivity contribution in [3.8, 4) is 28.3 Å². The molecule has 0 unspecified atom stereocenters. The van der Waals surface area contributed by atoms with E-state index in [1.54, 1.807) is 42.0 Å². The number of fused-ring (bicyclic) bond motifs is 2. The van der Waals surface area contributed by atoms with E-state index in [0.717, 1.165) is 16.9 Å². The number of H-pyrrole nitrogens is 2. The number of halogens is 3. The second-order valence-corrected chi connectivity index (χ2v) is 9.88. The van der Waals surface area contributed by atoms with E-state index in [4.69, 9.17) is 0 Å². The van der Waals surface area contributed by atoms with Crippen molar-refractivity contribution in [1.29, 1.82) is 0 Å². The molecule has 1 aliphatic heterocycles. The van der Waals surface area contributed by atoms with Crippen LogP contribution in [0, 0.1) is 12.7 Å². The number of imidazole rings is 2. The fraction of sp³-hybridized carbons (Fsp3) is 0.222. The van der Waals surface area contributed by atoms with Gasteiger partial charge >= 0.3 is 0 Å². The van der Waals surface area contributed by atoms with Gasteiger partial charge in [0.1, 0.15) is 17.0 Å². The minimum absolute atomic E-state index is 0.157. The van der Waals surface area contributed by atoms with Crippen molar-refractivity contribution in [1.82, 2.24) is 44.6 Å². The number of pyridine rings is 2. The average molecular weight is 530 g/mol. The van der Waals surface area contributed by atoms with Crippen LogP contribution >= 0.6 is 0 Å². The third-order valence-corrected chi connectivity index (χ3v) is 7.00. The first-order valence-corrected chi connectivity index (χ1v) is 12.4. The summed E-state index contributed by atoms with van der Waals surface area (Å²) in [6.45, 7) is 2.26. The lowest BCUT2D eigenvalue weighted by Gasteiger charge is -2.16. The van der Waals surface area contributed by atoms with Gasteiger partial charge in [-0.05, 0) is 30.7 Å². The molecule has 39 heavy (non-hydrogen) atoms. The van der Waals surface area contributed by atoms with E-state index in [9.17, 15) is 8.78 Å². The number of benzene rings is 1. The van der Waals surface area contributed by atoms with Crippen molar-refractivity contribution in [2.24, 2.45) is 0 Å². The number of aryl methyl sites for hydroxylation is 1. The minimum atomic E-state index is -2.68. The summed E-state index contributed by atoms with van der Waals surface area (Å²) < 4.78 is 44.4. The number of aromatic nitrogens is 8. The number of hydrogen-bond acceptors (Lipinski definition) is 6. The summed E-state index contributed by atoms with van der Waals surface area (Å²) in [7, 11) is 0. The third-order valence-electron chi connectivity index (χ3n) is 7.00. The Labute approximate surface area is 219 Å². The Morgan fingerprint density at radius 2 is 2.03 bits per heavy atom. The van der Waals surface area contributed by atoms with Crippen LogP contribution < -0.4 is 0 Å². The quantitative estimate of drug-likeness (QED) is 0.324. The number of rotatable bonds is 5. The summed E-state index contributed by atoms with van der Waals surface area (Å²) in [4.78, 5) is 22.6. The molecular weight excluding hydrogens is 507 g/mol. The predicted molar refractivity (Wildman–Crippen MR) is 139 cm³/mol. The van der Waals surface area contributed by atoms with Crippen LogP contribution in [-0.2, 0) is 6.54 Å². The van der Waals surface area contributed by atoms with Crippen LogP contribution in [0.3, 0.4) is 0 Å². The second kappa shape index (κ2) is 8.73. The van der Waals surface area contributed by atoms with E-state index in [1.165, 1.54) is 6.07 Å². The minimum Gasteiger partial charge on any atom is -0.333 e. The Bertz CT molecular complexity index is 1850. The molecule has 0 amide bonds. The summed E-state index contributed by atoms with van der Waals surface area (Å²) in [6.07, 6.45) is 8.34. The largest absolute Gasteiger partial charge is 0.333 e. The first-order valence-electron chi connectivity index (χ1n) is 12.4. The fourth-order valence-corrected chi connectivity index (χ4v) is 5.14. The highest BCUT2D eigenvalue weighted by atomic mass is 19.3. The number of alkyl halides is 2. The van der Waals surface area contributed by atoms with Crippen molar-refractivity contribution in [3.63, 3.8) is 0 Å². The predicted octanol–water partition coefficient (Wildman–Crippen LogP) is 5.04. The van der Waals surface area contributed by atoms with Gasteiger partial charge in [-0.3, -0.25) is 15.0 Å². The molecule has 2 N–H and O–H groups in total. The van der Waals surface area contributed by atoms with Gasteiger partial charge in [0, 0.05) is 66.9 Å². The smallest absolute Gasteiger partial charge is 0.261 e. The van der Waals surface area contributed by atoms with E-state index in [1.807, 2.05) is 23.8 Å². The number of hydrogen-bond donors (Lipinski definition) is 2. The monoisotopic (exact) mass is 529 g/mol. The number of nitrogens with one attached hydrogen (secondary N) is 2. The Hall–Kier alpha value is -4.58. The lowest BCUT2D eigenvalue weighted by molar-refractivity contribution is 0.0115. The van der Waals surface area contributed by atoms with E-state index >= 15 is 4.39 Å². The zero-order valence-corrected chi connectivity index (χ0v) is 20.8. The first kappa shape index (κ1) is 23.5. The van der Waals surface area contributed by atoms with Gasteiger partial charge in [0.15, 0.2) is 11.5 Å². The summed E-state index contributed by atoms with van der Waals surface area (Å²) in [5.41, 5.74) is 5.58. The van der Waals surface area contributed by atoms with Crippen molar-refractivity contribution in [2.45, 2.75) is 25.8 Å². The topological polar surface area (TPSA) is 104 Å². The van der Waals surface area contributed by atoms with Crippen molar-refractivity contribution in [3.05, 3.63) is 72.5 Å². The third kappa shape index (κ3) is 4.22. The van der Waals surface area contributed by atoms with Gasteiger partial charge in [-0.2, -0.15) is 5.10 Å². The maximum absolute atomic E-state index is 15.2. The first-order chi connectivity index (χ1) is 18.8. The number of nitrogens with zero attached hydrogens (tertiary/aromatic N) is 7. The maximum Gasteiger partial charge on any atom is 0.261 e. The zero-order chi connectivity index (χ0) is 26.7. The highest BCUT2D eigenvalue weighted by Gasteiger charge is 2.37. The second-order valence-electron chi connectivity index (χ2n) is 9.88.